The number of imide groups is 1. The van der Waals surface area contributed by atoms with Crippen LogP contribution in [0.4, 0.5) is 4.39 Å². The van der Waals surface area contributed by atoms with E-state index in [9.17, 15) is 14.0 Å². The van der Waals surface area contributed by atoms with E-state index in [1.54, 1.807) is 12.1 Å². The molecule has 2 amide bonds. The van der Waals surface area contributed by atoms with E-state index in [1.807, 2.05) is 0 Å². The molecule has 0 unspecified atom stereocenters. The highest BCUT2D eigenvalue weighted by atomic mass is 19.1. The van der Waals surface area contributed by atoms with Crippen LogP contribution >= 0.6 is 0 Å². The lowest BCUT2D eigenvalue weighted by atomic mass is 9.71. The molecule has 118 valence electrons. The maximum atomic E-state index is 13.1. The zero-order valence-corrected chi connectivity index (χ0v) is 12.2. The third-order valence-electron chi connectivity index (χ3n) is 5.40. The summed E-state index contributed by atoms with van der Waals surface area (Å²) < 4.78 is 19.0. The third-order valence-corrected chi connectivity index (χ3v) is 5.40. The smallest absolute Gasteiger partial charge is 0.235 e. The van der Waals surface area contributed by atoms with E-state index in [0.717, 1.165) is 5.56 Å². The summed E-state index contributed by atoms with van der Waals surface area (Å²) in [6.45, 7) is 0. The normalized spacial score (nSPS) is 40.3. The van der Waals surface area contributed by atoms with Crippen molar-refractivity contribution in [1.82, 2.24) is 4.90 Å². The van der Waals surface area contributed by atoms with Crippen LogP contribution in [0, 0.1) is 23.6 Å². The summed E-state index contributed by atoms with van der Waals surface area (Å²) in [6, 6.07) is 5.99. The second kappa shape index (κ2) is 4.17. The first kappa shape index (κ1) is 13.2. The topological polar surface area (TPSA) is 68.2 Å². The number of fused-ring (bicyclic) bond motifs is 8. The molecule has 6 nitrogen and oxygen atoms in total. The van der Waals surface area contributed by atoms with Gasteiger partial charge >= 0.3 is 0 Å². The van der Waals surface area contributed by atoms with Gasteiger partial charge in [0.2, 0.25) is 11.8 Å². The molecule has 0 spiro atoms. The van der Waals surface area contributed by atoms with E-state index in [4.69, 9.17) is 9.57 Å². The van der Waals surface area contributed by atoms with E-state index in [0.29, 0.717) is 5.71 Å². The van der Waals surface area contributed by atoms with Crippen molar-refractivity contribution in [2.45, 2.75) is 18.3 Å². The minimum atomic E-state index is -0.471. The lowest BCUT2D eigenvalue weighted by Crippen LogP contribution is -2.45. The Labute approximate surface area is 130 Å². The van der Waals surface area contributed by atoms with E-state index < -0.39 is 24.0 Å². The van der Waals surface area contributed by atoms with E-state index >= 15 is 0 Å². The van der Waals surface area contributed by atoms with Gasteiger partial charge in [-0.1, -0.05) is 17.3 Å². The third kappa shape index (κ3) is 1.48. The predicted molar refractivity (Wildman–Crippen MR) is 74.7 cm³/mol. The van der Waals surface area contributed by atoms with Crippen molar-refractivity contribution < 1.29 is 23.6 Å². The van der Waals surface area contributed by atoms with E-state index in [1.165, 1.54) is 24.1 Å². The number of nitrogens with zero attached hydrogens (tertiary/aromatic N) is 2. The van der Waals surface area contributed by atoms with Crippen molar-refractivity contribution in [1.29, 1.82) is 0 Å². The molecule has 0 aromatic heterocycles. The molecule has 0 saturated carbocycles. The highest BCUT2D eigenvalue weighted by Gasteiger charge is 2.71. The van der Waals surface area contributed by atoms with Crippen molar-refractivity contribution in [3.05, 3.63) is 35.6 Å². The standard InChI is InChI=1S/C16H13FN2O4/c1-19-15(20)8-9(16(19)21)13-14-10(12(8)22-13)11(18-23-14)6-2-4-7(17)5-3-6/h2-5,8-10,12-14H,1H3/t8-,9-,10-,12+,13+,14-/m0/s1. The summed E-state index contributed by atoms with van der Waals surface area (Å²) in [5.41, 5.74) is 1.41. The lowest BCUT2D eigenvalue weighted by Gasteiger charge is -2.26. The van der Waals surface area contributed by atoms with Gasteiger partial charge in [0.1, 0.15) is 11.9 Å². The highest BCUT2D eigenvalue weighted by Crippen LogP contribution is 2.54. The molecule has 1 aromatic carbocycles. The number of amides is 2. The summed E-state index contributed by atoms with van der Waals surface area (Å²) in [7, 11) is 1.51. The molecular formula is C16H13FN2O4. The number of benzene rings is 1. The van der Waals surface area contributed by atoms with Crippen LogP contribution in [-0.2, 0) is 19.2 Å². The summed E-state index contributed by atoms with van der Waals surface area (Å²) in [5.74, 6) is -1.86. The minimum absolute atomic E-state index is 0.198. The Balaban J connectivity index is 1.53. The molecule has 3 fully saturated rings. The zero-order chi connectivity index (χ0) is 15.9. The fourth-order valence-electron chi connectivity index (χ4n) is 4.37. The predicted octanol–water partition coefficient (Wildman–Crippen LogP) is 0.557. The van der Waals surface area contributed by atoms with Crippen molar-refractivity contribution in [2.75, 3.05) is 7.05 Å². The van der Waals surface area contributed by atoms with Gasteiger partial charge in [-0.15, -0.1) is 0 Å². The highest BCUT2D eigenvalue weighted by molar-refractivity contribution is 6.09. The number of hydrogen-bond acceptors (Lipinski definition) is 5. The molecule has 0 aliphatic carbocycles. The van der Waals surface area contributed by atoms with Gasteiger partial charge in [-0.05, 0) is 12.1 Å². The molecule has 2 bridgehead atoms. The van der Waals surface area contributed by atoms with Crippen LogP contribution < -0.4 is 0 Å². The van der Waals surface area contributed by atoms with E-state index in [-0.39, 0.29) is 29.7 Å². The second-order valence-electron chi connectivity index (χ2n) is 6.43. The largest absolute Gasteiger partial charge is 0.389 e. The molecule has 0 radical (unpaired) electrons. The van der Waals surface area contributed by atoms with Crippen LogP contribution in [-0.4, -0.2) is 47.8 Å². The van der Waals surface area contributed by atoms with Gasteiger partial charge in [-0.25, -0.2) is 4.39 Å². The number of ether oxygens (including phenoxy) is 1. The molecule has 7 heteroatoms. The molecule has 3 saturated heterocycles. The molecule has 0 N–H and O–H groups in total. The quantitative estimate of drug-likeness (QED) is 0.710. The Kier molecular flexibility index (Phi) is 2.39. The average molecular weight is 316 g/mol. The van der Waals surface area contributed by atoms with Gasteiger partial charge in [-0.3, -0.25) is 14.5 Å². The summed E-state index contributed by atoms with van der Waals surface area (Å²) >= 11 is 0. The van der Waals surface area contributed by atoms with Gasteiger partial charge in [0.05, 0.1) is 29.6 Å². The second-order valence-corrected chi connectivity index (χ2v) is 6.43. The van der Waals surface area contributed by atoms with Crippen molar-refractivity contribution in [3.8, 4) is 0 Å². The fraction of sp³-hybridized carbons (Fsp3) is 0.438. The number of halogens is 1. The number of rotatable bonds is 1. The number of likely N-dealkylation sites (tertiary alicyclic amines) is 1. The van der Waals surface area contributed by atoms with Crippen LogP contribution in [0.25, 0.3) is 0 Å². The van der Waals surface area contributed by atoms with Gasteiger partial charge in [0.15, 0.2) is 6.10 Å². The molecule has 23 heavy (non-hydrogen) atoms. The number of carbonyl (C=O) groups excluding carboxylic acids is 2. The molecule has 4 heterocycles. The van der Waals surface area contributed by atoms with Crippen LogP contribution in [0.2, 0.25) is 0 Å². The summed E-state index contributed by atoms with van der Waals surface area (Å²) in [5, 5.41) is 4.14. The maximum Gasteiger partial charge on any atom is 0.235 e. The first-order valence-electron chi connectivity index (χ1n) is 7.54. The van der Waals surface area contributed by atoms with Crippen molar-refractivity contribution in [3.63, 3.8) is 0 Å². The Hall–Kier alpha value is -2.28. The van der Waals surface area contributed by atoms with Gasteiger partial charge in [0.25, 0.3) is 0 Å². The average Bonchev–Trinajstić information content (AvgIpc) is 3.26. The van der Waals surface area contributed by atoms with Gasteiger partial charge in [0, 0.05) is 12.6 Å². The number of hydrogen-bond donors (Lipinski definition) is 0. The fourth-order valence-corrected chi connectivity index (χ4v) is 4.37. The Bertz CT molecular complexity index is 762. The number of oxime groups is 1. The van der Waals surface area contributed by atoms with Crippen molar-refractivity contribution in [2.24, 2.45) is 22.9 Å². The summed E-state index contributed by atoms with van der Waals surface area (Å²) in [6.07, 6.45) is -1.22. The van der Waals surface area contributed by atoms with Gasteiger partial charge in [-0.2, -0.15) is 0 Å². The molecule has 4 aliphatic rings. The molecule has 4 aliphatic heterocycles. The molecular weight excluding hydrogens is 303 g/mol. The van der Waals surface area contributed by atoms with Crippen LogP contribution in [0.15, 0.2) is 29.4 Å². The lowest BCUT2D eigenvalue weighted by molar-refractivity contribution is -0.141. The SMILES string of the molecule is CN1C(=O)[C@@H]2[C@H]3O[C@@H]([C@@H]4C(c5ccc(F)cc5)=NO[C@H]34)[C@H]2C1=O. The molecule has 1 aromatic rings. The van der Waals surface area contributed by atoms with Gasteiger partial charge < -0.3 is 9.57 Å². The van der Waals surface area contributed by atoms with Crippen LogP contribution in [0.3, 0.4) is 0 Å². The first-order valence-corrected chi connectivity index (χ1v) is 7.54. The Morgan fingerprint density at radius 3 is 2.35 bits per heavy atom. The van der Waals surface area contributed by atoms with Crippen molar-refractivity contribution >= 4 is 17.5 Å². The Morgan fingerprint density at radius 1 is 1.00 bits per heavy atom. The zero-order valence-electron chi connectivity index (χ0n) is 12.2. The van der Waals surface area contributed by atoms with E-state index in [2.05, 4.69) is 5.16 Å². The monoisotopic (exact) mass is 316 g/mol. The molecule has 5 rings (SSSR count). The molecule has 6 atom stereocenters. The van der Waals surface area contributed by atoms with Crippen LogP contribution in [0.5, 0.6) is 0 Å². The van der Waals surface area contributed by atoms with Crippen LogP contribution in [0.1, 0.15) is 5.56 Å². The minimum Gasteiger partial charge on any atom is -0.389 e. The Morgan fingerprint density at radius 2 is 1.65 bits per heavy atom. The first-order chi connectivity index (χ1) is 11.1. The number of carbonyl (C=O) groups is 2. The summed E-state index contributed by atoms with van der Waals surface area (Å²) in [4.78, 5) is 31.3. The maximum absolute atomic E-state index is 13.1.